The normalized spacial score (nSPS) is 11.8. The number of hydrogen-bond donors (Lipinski definition) is 1. The van der Waals surface area contributed by atoms with Crippen LogP contribution in [0.25, 0.3) is 11.4 Å². The molecule has 1 aromatic heterocycles. The maximum absolute atomic E-state index is 11.8. The molecule has 23 heavy (non-hydrogen) atoms. The molecular weight excluding hydrogens is 298 g/mol. The molecule has 0 radical (unpaired) electrons. The highest BCUT2D eigenvalue weighted by Crippen LogP contribution is 2.30. The zero-order valence-electron chi connectivity index (χ0n) is 13.7. The minimum Gasteiger partial charge on any atom is -0.493 e. The predicted molar refractivity (Wildman–Crippen MR) is 84.3 cm³/mol. The van der Waals surface area contributed by atoms with E-state index in [0.29, 0.717) is 17.3 Å². The summed E-state index contributed by atoms with van der Waals surface area (Å²) in [5.41, 5.74) is 0.733. The van der Waals surface area contributed by atoms with Crippen LogP contribution in [0.2, 0.25) is 0 Å². The molecule has 0 saturated carbocycles. The molecule has 0 fully saturated rings. The molecule has 1 atom stereocenters. The summed E-state index contributed by atoms with van der Waals surface area (Å²) < 4.78 is 10.4. The van der Waals surface area contributed by atoms with Crippen molar-refractivity contribution in [2.24, 2.45) is 0 Å². The van der Waals surface area contributed by atoms with Gasteiger partial charge in [-0.25, -0.2) is 0 Å². The first-order valence-corrected chi connectivity index (χ1v) is 7.37. The zero-order chi connectivity index (χ0) is 16.8. The number of carbonyl (C=O) groups excluding carboxylic acids is 1. The fourth-order valence-electron chi connectivity index (χ4n) is 1.95. The molecule has 2 rings (SSSR count). The van der Waals surface area contributed by atoms with E-state index < -0.39 is 0 Å². The lowest BCUT2D eigenvalue weighted by atomic mass is 10.2. The molecule has 8 nitrogen and oxygen atoms in total. The van der Waals surface area contributed by atoms with E-state index in [-0.39, 0.29) is 18.5 Å². The summed E-state index contributed by atoms with van der Waals surface area (Å²) in [5.74, 6) is 1.48. The second-order valence-electron chi connectivity index (χ2n) is 5.09. The average Bonchev–Trinajstić information content (AvgIpc) is 3.02. The number of hydrogen-bond acceptors (Lipinski definition) is 6. The molecule has 0 aliphatic carbocycles. The van der Waals surface area contributed by atoms with Gasteiger partial charge in [0.15, 0.2) is 11.5 Å². The molecule has 0 bridgehead atoms. The van der Waals surface area contributed by atoms with Gasteiger partial charge in [0.2, 0.25) is 11.7 Å². The van der Waals surface area contributed by atoms with Crippen LogP contribution in [0.5, 0.6) is 11.5 Å². The second kappa shape index (κ2) is 7.57. The van der Waals surface area contributed by atoms with Gasteiger partial charge in [-0.3, -0.25) is 4.79 Å². The molecular formula is C15H21N5O3. The summed E-state index contributed by atoms with van der Waals surface area (Å²) in [6.45, 7) is 3.99. The highest BCUT2D eigenvalue weighted by Gasteiger charge is 2.13. The van der Waals surface area contributed by atoms with Gasteiger partial charge in [0.05, 0.1) is 14.2 Å². The van der Waals surface area contributed by atoms with Gasteiger partial charge in [-0.2, -0.15) is 4.80 Å². The molecule has 1 heterocycles. The first kappa shape index (κ1) is 16.7. The van der Waals surface area contributed by atoms with Crippen LogP contribution in [-0.2, 0) is 11.3 Å². The lowest BCUT2D eigenvalue weighted by molar-refractivity contribution is -0.122. The maximum Gasteiger partial charge on any atom is 0.243 e. The average molecular weight is 319 g/mol. The van der Waals surface area contributed by atoms with E-state index in [2.05, 4.69) is 20.7 Å². The highest BCUT2D eigenvalue weighted by molar-refractivity contribution is 5.75. The number of methoxy groups -OCH3 is 2. The fourth-order valence-corrected chi connectivity index (χ4v) is 1.95. The van der Waals surface area contributed by atoms with E-state index in [1.165, 1.54) is 4.80 Å². The number of aromatic nitrogens is 4. The van der Waals surface area contributed by atoms with Crippen molar-refractivity contribution in [3.05, 3.63) is 18.2 Å². The van der Waals surface area contributed by atoms with Crippen LogP contribution in [0.1, 0.15) is 20.3 Å². The first-order valence-electron chi connectivity index (χ1n) is 7.37. The highest BCUT2D eigenvalue weighted by atomic mass is 16.5. The van der Waals surface area contributed by atoms with Crippen LogP contribution in [0.15, 0.2) is 18.2 Å². The summed E-state index contributed by atoms with van der Waals surface area (Å²) in [6.07, 6.45) is 0.868. The molecule has 1 aromatic carbocycles. The number of nitrogens with one attached hydrogen (secondary N) is 1. The van der Waals surface area contributed by atoms with Crippen molar-refractivity contribution in [3.8, 4) is 22.9 Å². The van der Waals surface area contributed by atoms with Gasteiger partial charge in [-0.05, 0) is 36.8 Å². The number of rotatable bonds is 7. The topological polar surface area (TPSA) is 91.2 Å². The van der Waals surface area contributed by atoms with Crippen LogP contribution < -0.4 is 14.8 Å². The van der Waals surface area contributed by atoms with E-state index >= 15 is 0 Å². The van der Waals surface area contributed by atoms with Crippen LogP contribution in [0.3, 0.4) is 0 Å². The number of carbonyl (C=O) groups is 1. The predicted octanol–water partition coefficient (Wildman–Crippen LogP) is 1.27. The van der Waals surface area contributed by atoms with Gasteiger partial charge in [0.1, 0.15) is 6.54 Å². The number of benzene rings is 1. The lowest BCUT2D eigenvalue weighted by Crippen LogP contribution is -2.35. The summed E-state index contributed by atoms with van der Waals surface area (Å²) in [6, 6.07) is 5.46. The first-order chi connectivity index (χ1) is 11.1. The van der Waals surface area contributed by atoms with Crippen molar-refractivity contribution in [3.63, 3.8) is 0 Å². The third-order valence-corrected chi connectivity index (χ3v) is 3.40. The van der Waals surface area contributed by atoms with Crippen LogP contribution in [0, 0.1) is 0 Å². The van der Waals surface area contributed by atoms with Crippen molar-refractivity contribution in [2.75, 3.05) is 14.2 Å². The fraction of sp³-hybridized carbons (Fsp3) is 0.467. The summed E-state index contributed by atoms with van der Waals surface area (Å²) in [7, 11) is 3.13. The van der Waals surface area contributed by atoms with E-state index in [0.717, 1.165) is 12.0 Å². The van der Waals surface area contributed by atoms with Gasteiger partial charge in [0, 0.05) is 11.6 Å². The number of tetrazole rings is 1. The second-order valence-corrected chi connectivity index (χ2v) is 5.09. The van der Waals surface area contributed by atoms with Crippen molar-refractivity contribution in [1.82, 2.24) is 25.5 Å². The molecule has 1 unspecified atom stereocenters. The van der Waals surface area contributed by atoms with Crippen LogP contribution in [-0.4, -0.2) is 46.4 Å². The minimum atomic E-state index is -0.143. The SMILES string of the molecule is CCC(C)NC(=O)Cn1nnc(-c2ccc(OC)c(OC)c2)n1. The standard InChI is InChI=1S/C15H21N5O3/c1-5-10(2)16-14(21)9-20-18-15(17-19-20)11-6-7-12(22-3)13(8-11)23-4/h6-8,10H,5,9H2,1-4H3,(H,16,21). The summed E-state index contributed by atoms with van der Waals surface area (Å²) in [5, 5.41) is 15.0. The largest absolute Gasteiger partial charge is 0.493 e. The van der Waals surface area contributed by atoms with E-state index in [9.17, 15) is 4.79 Å². The molecule has 0 aliphatic rings. The van der Waals surface area contributed by atoms with Gasteiger partial charge < -0.3 is 14.8 Å². The Balaban J connectivity index is 2.11. The molecule has 1 amide bonds. The molecule has 0 aliphatic heterocycles. The molecule has 124 valence electrons. The Labute approximate surface area is 134 Å². The minimum absolute atomic E-state index is 0.0324. The van der Waals surface area contributed by atoms with Crippen molar-refractivity contribution in [1.29, 1.82) is 0 Å². The lowest BCUT2D eigenvalue weighted by Gasteiger charge is -2.10. The molecule has 2 aromatic rings. The van der Waals surface area contributed by atoms with Crippen molar-refractivity contribution >= 4 is 5.91 Å². The Kier molecular flexibility index (Phi) is 5.51. The van der Waals surface area contributed by atoms with E-state index in [4.69, 9.17) is 9.47 Å². The van der Waals surface area contributed by atoms with Gasteiger partial charge in [-0.1, -0.05) is 6.92 Å². The van der Waals surface area contributed by atoms with E-state index in [1.807, 2.05) is 19.9 Å². The Hall–Kier alpha value is -2.64. The van der Waals surface area contributed by atoms with E-state index in [1.54, 1.807) is 26.4 Å². The van der Waals surface area contributed by atoms with Crippen molar-refractivity contribution < 1.29 is 14.3 Å². The Morgan fingerprint density at radius 1 is 1.30 bits per heavy atom. The Morgan fingerprint density at radius 2 is 2.04 bits per heavy atom. The Morgan fingerprint density at radius 3 is 2.70 bits per heavy atom. The summed E-state index contributed by atoms with van der Waals surface area (Å²) >= 11 is 0. The third kappa shape index (κ3) is 4.18. The monoisotopic (exact) mass is 319 g/mol. The molecule has 0 spiro atoms. The molecule has 0 saturated heterocycles. The van der Waals surface area contributed by atoms with Gasteiger partial charge in [0.25, 0.3) is 0 Å². The van der Waals surface area contributed by atoms with Crippen LogP contribution >= 0.6 is 0 Å². The molecule has 8 heteroatoms. The van der Waals surface area contributed by atoms with Crippen molar-refractivity contribution in [2.45, 2.75) is 32.9 Å². The van der Waals surface area contributed by atoms with Crippen LogP contribution in [0.4, 0.5) is 0 Å². The maximum atomic E-state index is 11.8. The number of ether oxygens (including phenoxy) is 2. The Bertz CT molecular complexity index is 671. The van der Waals surface area contributed by atoms with Gasteiger partial charge in [-0.15, -0.1) is 10.2 Å². The molecule has 1 N–H and O–H groups in total. The quantitative estimate of drug-likeness (QED) is 0.826. The van der Waals surface area contributed by atoms with Gasteiger partial charge >= 0.3 is 0 Å². The smallest absolute Gasteiger partial charge is 0.243 e. The third-order valence-electron chi connectivity index (χ3n) is 3.40. The summed E-state index contributed by atoms with van der Waals surface area (Å²) in [4.78, 5) is 13.1. The number of nitrogens with zero attached hydrogens (tertiary/aromatic N) is 4. The number of amides is 1. The zero-order valence-corrected chi connectivity index (χ0v) is 13.7.